The number of imidazole rings is 1. The number of H-pyrrole nitrogens is 1. The van der Waals surface area contributed by atoms with E-state index in [2.05, 4.69) is 28.8 Å². The molecule has 0 bridgehead atoms. The van der Waals surface area contributed by atoms with Crippen LogP contribution in [0.3, 0.4) is 0 Å². The molecule has 0 radical (unpaired) electrons. The highest BCUT2D eigenvalue weighted by Crippen LogP contribution is 2.28. The second kappa shape index (κ2) is 8.07. The van der Waals surface area contributed by atoms with Gasteiger partial charge in [0.15, 0.2) is 11.6 Å². The van der Waals surface area contributed by atoms with Crippen LogP contribution in [0.4, 0.5) is 5.82 Å². The molecule has 0 saturated carbocycles. The molecule has 0 spiro atoms. The summed E-state index contributed by atoms with van der Waals surface area (Å²) in [4.78, 5) is 31.7. The minimum absolute atomic E-state index is 0.0889. The summed E-state index contributed by atoms with van der Waals surface area (Å²) in [5.74, 6) is 2.16. The zero-order chi connectivity index (χ0) is 22.2. The van der Waals surface area contributed by atoms with Crippen LogP contribution in [0.15, 0.2) is 54.7 Å². The zero-order valence-electron chi connectivity index (χ0n) is 18.2. The Morgan fingerprint density at radius 2 is 1.91 bits per heavy atom. The number of amides is 1. The largest absolute Gasteiger partial charge is 0.382 e. The van der Waals surface area contributed by atoms with E-state index in [-0.39, 0.29) is 5.91 Å². The number of hydrogen-bond donors (Lipinski definition) is 2. The predicted octanol–water partition coefficient (Wildman–Crippen LogP) is 4.39. The molecule has 7 nitrogen and oxygen atoms in total. The van der Waals surface area contributed by atoms with Gasteiger partial charge in [0.1, 0.15) is 5.69 Å². The molecule has 1 aliphatic rings. The Morgan fingerprint density at radius 1 is 1.12 bits per heavy atom. The molecule has 32 heavy (non-hydrogen) atoms. The van der Waals surface area contributed by atoms with Crippen LogP contribution in [0.25, 0.3) is 33.8 Å². The number of nitrogens with one attached hydrogen (secondary N) is 1. The number of nitrogen functional groups attached to an aromatic ring is 1. The first-order chi connectivity index (χ1) is 15.5. The number of hydrogen-bond acceptors (Lipinski definition) is 5. The van der Waals surface area contributed by atoms with Crippen molar-refractivity contribution in [2.75, 3.05) is 18.8 Å². The molecule has 0 aliphatic carbocycles. The van der Waals surface area contributed by atoms with Gasteiger partial charge in [-0.1, -0.05) is 38.1 Å². The summed E-state index contributed by atoms with van der Waals surface area (Å²) >= 11 is 0. The van der Waals surface area contributed by atoms with Crippen molar-refractivity contribution >= 4 is 22.8 Å². The van der Waals surface area contributed by atoms with Crippen LogP contribution in [0.2, 0.25) is 0 Å². The molecule has 3 heterocycles. The molecule has 2 aromatic heterocycles. The molecule has 0 unspecified atom stereocenters. The monoisotopic (exact) mass is 426 g/mol. The summed E-state index contributed by atoms with van der Waals surface area (Å²) in [5, 5.41) is 0. The van der Waals surface area contributed by atoms with Gasteiger partial charge >= 0.3 is 0 Å². The molecule has 1 fully saturated rings. The number of anilines is 1. The highest BCUT2D eigenvalue weighted by molar-refractivity contribution is 5.95. The topological polar surface area (TPSA) is 101 Å². The molecular weight excluding hydrogens is 400 g/mol. The highest BCUT2D eigenvalue weighted by atomic mass is 16.2. The van der Waals surface area contributed by atoms with Crippen LogP contribution in [0.5, 0.6) is 0 Å². The van der Waals surface area contributed by atoms with E-state index in [0.29, 0.717) is 40.4 Å². The van der Waals surface area contributed by atoms with Crippen molar-refractivity contribution in [3.05, 3.63) is 60.3 Å². The van der Waals surface area contributed by atoms with Gasteiger partial charge in [0, 0.05) is 24.2 Å². The first-order valence-corrected chi connectivity index (χ1v) is 11.0. The van der Waals surface area contributed by atoms with Crippen LogP contribution in [-0.4, -0.2) is 43.8 Å². The number of para-hydroxylation sites is 2. The second-order valence-corrected chi connectivity index (χ2v) is 8.71. The summed E-state index contributed by atoms with van der Waals surface area (Å²) in [7, 11) is 0. The van der Waals surface area contributed by atoms with Crippen molar-refractivity contribution in [2.45, 2.75) is 20.3 Å². The maximum absolute atomic E-state index is 12.9. The van der Waals surface area contributed by atoms with Gasteiger partial charge in [-0.05, 0) is 42.5 Å². The lowest BCUT2D eigenvalue weighted by Gasteiger charge is -2.18. The third-order valence-corrected chi connectivity index (χ3v) is 6.30. The zero-order valence-corrected chi connectivity index (χ0v) is 18.2. The third kappa shape index (κ3) is 3.70. The Hall–Kier alpha value is -3.74. The number of fused-ring (bicyclic) bond motifs is 1. The van der Waals surface area contributed by atoms with E-state index >= 15 is 0 Å². The van der Waals surface area contributed by atoms with E-state index in [9.17, 15) is 4.79 Å². The van der Waals surface area contributed by atoms with Crippen LogP contribution in [0, 0.1) is 11.8 Å². The van der Waals surface area contributed by atoms with Gasteiger partial charge in [-0.25, -0.2) is 15.0 Å². The van der Waals surface area contributed by atoms with E-state index in [0.717, 1.165) is 36.1 Å². The molecule has 5 rings (SSSR count). The average Bonchev–Trinajstić information content (AvgIpc) is 3.47. The van der Waals surface area contributed by atoms with Crippen LogP contribution in [-0.2, 0) is 0 Å². The lowest BCUT2D eigenvalue weighted by molar-refractivity contribution is 0.0784. The highest BCUT2D eigenvalue weighted by Gasteiger charge is 2.28. The van der Waals surface area contributed by atoms with E-state index < -0.39 is 0 Å². The summed E-state index contributed by atoms with van der Waals surface area (Å²) in [6.45, 7) is 6.11. The van der Waals surface area contributed by atoms with Crippen molar-refractivity contribution in [1.82, 2.24) is 24.8 Å². The van der Waals surface area contributed by atoms with Gasteiger partial charge in [0.25, 0.3) is 5.91 Å². The van der Waals surface area contributed by atoms with Crippen LogP contribution < -0.4 is 5.73 Å². The molecule has 1 aliphatic heterocycles. The van der Waals surface area contributed by atoms with Crippen LogP contribution in [0.1, 0.15) is 30.6 Å². The maximum Gasteiger partial charge on any atom is 0.253 e. The van der Waals surface area contributed by atoms with Crippen molar-refractivity contribution in [3.8, 4) is 22.8 Å². The Kier molecular flexibility index (Phi) is 5.09. The van der Waals surface area contributed by atoms with Gasteiger partial charge < -0.3 is 15.6 Å². The summed E-state index contributed by atoms with van der Waals surface area (Å²) in [6.07, 6.45) is 2.72. The quantitative estimate of drug-likeness (QED) is 0.504. The third-order valence-electron chi connectivity index (χ3n) is 6.30. The molecule has 1 saturated heterocycles. The van der Waals surface area contributed by atoms with E-state index in [1.165, 1.54) is 0 Å². The summed E-state index contributed by atoms with van der Waals surface area (Å²) < 4.78 is 0. The Balaban J connectivity index is 1.40. The fourth-order valence-corrected chi connectivity index (χ4v) is 4.26. The molecule has 4 aromatic rings. The van der Waals surface area contributed by atoms with E-state index in [1.54, 1.807) is 6.20 Å². The first-order valence-electron chi connectivity index (χ1n) is 11.0. The maximum atomic E-state index is 12.9. The molecule has 3 N–H and O–H groups in total. The lowest BCUT2D eigenvalue weighted by Crippen LogP contribution is -2.29. The van der Waals surface area contributed by atoms with Crippen molar-refractivity contribution in [3.63, 3.8) is 0 Å². The number of carbonyl (C=O) groups is 1. The van der Waals surface area contributed by atoms with Crippen molar-refractivity contribution in [2.24, 2.45) is 11.8 Å². The number of aromatic nitrogens is 4. The van der Waals surface area contributed by atoms with Gasteiger partial charge in [-0.15, -0.1) is 0 Å². The predicted molar refractivity (Wildman–Crippen MR) is 126 cm³/mol. The Morgan fingerprint density at radius 3 is 2.62 bits per heavy atom. The molecule has 1 atom stereocenters. The number of carbonyl (C=O) groups excluding carboxylic acids is 1. The smallest absolute Gasteiger partial charge is 0.253 e. The first kappa shape index (κ1) is 20.2. The van der Waals surface area contributed by atoms with Crippen LogP contribution >= 0.6 is 0 Å². The van der Waals surface area contributed by atoms with Gasteiger partial charge in [0.05, 0.1) is 22.9 Å². The Labute approximate surface area is 186 Å². The summed E-state index contributed by atoms with van der Waals surface area (Å²) in [5.41, 5.74) is 10.6. The molecule has 2 aromatic carbocycles. The van der Waals surface area contributed by atoms with Crippen molar-refractivity contribution in [1.29, 1.82) is 0 Å². The summed E-state index contributed by atoms with van der Waals surface area (Å²) in [6, 6.07) is 15.3. The van der Waals surface area contributed by atoms with Gasteiger partial charge in [-0.2, -0.15) is 0 Å². The number of likely N-dealkylation sites (tertiary alicyclic amines) is 1. The lowest BCUT2D eigenvalue weighted by atomic mass is 9.95. The van der Waals surface area contributed by atoms with E-state index in [1.807, 2.05) is 53.4 Å². The van der Waals surface area contributed by atoms with Gasteiger partial charge in [-0.3, -0.25) is 4.79 Å². The molecule has 7 heteroatoms. The second-order valence-electron chi connectivity index (χ2n) is 8.71. The number of rotatable bonds is 4. The fourth-order valence-electron chi connectivity index (χ4n) is 4.26. The number of nitrogens with two attached hydrogens (primary N) is 1. The standard InChI is InChI=1S/C25H26N6O/c1-15(2)18-11-12-31(14-18)25(32)17-9-7-16(8-10-17)21-13-27-23(26)22(28-21)24-29-19-5-3-4-6-20(19)30-24/h3-10,13,15,18H,11-12,14H2,1-2H3,(H2,26,27)(H,29,30)/t18-/m1/s1. The molecule has 162 valence electrons. The normalized spacial score (nSPS) is 16.2. The average molecular weight is 427 g/mol. The van der Waals surface area contributed by atoms with Crippen molar-refractivity contribution < 1.29 is 4.79 Å². The number of benzene rings is 2. The minimum atomic E-state index is 0.0889. The SMILES string of the molecule is CC(C)[C@@H]1CCN(C(=O)c2ccc(-c3cnc(N)c(-c4nc5ccccc5[nH]4)n3)cc2)C1. The fraction of sp³-hybridized carbons (Fsp3) is 0.280. The van der Waals surface area contributed by atoms with E-state index in [4.69, 9.17) is 10.7 Å². The number of aromatic amines is 1. The van der Waals surface area contributed by atoms with Gasteiger partial charge in [0.2, 0.25) is 0 Å². The molecule has 1 amide bonds. The molecular formula is C25H26N6O. The Bertz CT molecular complexity index is 1240. The number of nitrogens with zero attached hydrogens (tertiary/aromatic N) is 4. The minimum Gasteiger partial charge on any atom is -0.382 e.